The summed E-state index contributed by atoms with van der Waals surface area (Å²) in [5.41, 5.74) is 0.280. The number of phenols is 1. The highest BCUT2D eigenvalue weighted by Gasteiger charge is 2.49. The van der Waals surface area contributed by atoms with Crippen molar-refractivity contribution in [3.63, 3.8) is 0 Å². The van der Waals surface area contributed by atoms with E-state index in [0.29, 0.717) is 0 Å². The summed E-state index contributed by atoms with van der Waals surface area (Å²) in [4.78, 5) is 0. The van der Waals surface area contributed by atoms with Gasteiger partial charge in [0.05, 0.1) is 11.2 Å². The van der Waals surface area contributed by atoms with E-state index in [1.807, 2.05) is 39.8 Å². The van der Waals surface area contributed by atoms with Crippen LogP contribution in [0.1, 0.15) is 39.5 Å². The molecule has 1 fully saturated rings. The van der Waals surface area contributed by atoms with Crippen LogP contribution >= 0.6 is 0 Å². The molecule has 0 radical (unpaired) electrons. The predicted octanol–water partition coefficient (Wildman–Crippen LogP) is 2.99. The Hall–Kier alpha value is -1.06. The van der Waals surface area contributed by atoms with Gasteiger partial charge in [0.15, 0.2) is 6.29 Å². The largest absolute Gasteiger partial charge is 0.508 e. The van der Waals surface area contributed by atoms with Crippen LogP contribution in [0, 0.1) is 0 Å². The van der Waals surface area contributed by atoms with Crippen LogP contribution in [0.3, 0.4) is 0 Å². The SMILES string of the molecule is CC1(C)OC(c2ccc(O)cc2)OC1(C)C. The van der Waals surface area contributed by atoms with Crippen molar-refractivity contribution < 1.29 is 14.6 Å². The van der Waals surface area contributed by atoms with Crippen molar-refractivity contribution >= 4 is 0 Å². The minimum Gasteiger partial charge on any atom is -0.508 e. The first-order valence-electron chi connectivity index (χ1n) is 5.46. The first-order valence-corrected chi connectivity index (χ1v) is 5.46. The lowest BCUT2D eigenvalue weighted by molar-refractivity contribution is -0.0895. The second-order valence-corrected chi connectivity index (χ2v) is 5.18. The van der Waals surface area contributed by atoms with Crippen molar-refractivity contribution in [1.82, 2.24) is 0 Å². The van der Waals surface area contributed by atoms with Crippen molar-refractivity contribution in [2.75, 3.05) is 0 Å². The summed E-state index contributed by atoms with van der Waals surface area (Å²) in [5.74, 6) is 0.250. The summed E-state index contributed by atoms with van der Waals surface area (Å²) < 4.78 is 11.8. The van der Waals surface area contributed by atoms with Crippen molar-refractivity contribution in [1.29, 1.82) is 0 Å². The third kappa shape index (κ3) is 1.81. The lowest BCUT2D eigenvalue weighted by atomic mass is 9.90. The van der Waals surface area contributed by atoms with E-state index < -0.39 is 0 Å². The van der Waals surface area contributed by atoms with Crippen molar-refractivity contribution in [2.24, 2.45) is 0 Å². The fourth-order valence-electron chi connectivity index (χ4n) is 1.61. The van der Waals surface area contributed by atoms with Gasteiger partial charge in [0.25, 0.3) is 0 Å². The summed E-state index contributed by atoms with van der Waals surface area (Å²) >= 11 is 0. The molecule has 1 saturated heterocycles. The highest BCUT2D eigenvalue weighted by atomic mass is 16.7. The lowest BCUT2D eigenvalue weighted by Gasteiger charge is -2.30. The zero-order valence-electron chi connectivity index (χ0n) is 10.2. The normalized spacial score (nSPS) is 23.5. The summed E-state index contributed by atoms with van der Waals surface area (Å²) in [6.07, 6.45) is -0.356. The summed E-state index contributed by atoms with van der Waals surface area (Å²) in [6.45, 7) is 8.08. The van der Waals surface area contributed by atoms with E-state index in [-0.39, 0.29) is 23.2 Å². The average molecular weight is 222 g/mol. The molecule has 1 aromatic carbocycles. The standard InChI is InChI=1S/C13H18O3/c1-12(2)13(3,4)16-11(15-12)9-5-7-10(14)8-6-9/h5-8,11,14H,1-4H3. The molecular formula is C13H18O3. The van der Waals surface area contributed by atoms with Gasteiger partial charge in [0.2, 0.25) is 0 Å². The van der Waals surface area contributed by atoms with Crippen LogP contribution in [0.25, 0.3) is 0 Å². The maximum absolute atomic E-state index is 9.22. The lowest BCUT2D eigenvalue weighted by Crippen LogP contribution is -2.41. The van der Waals surface area contributed by atoms with Crippen LogP contribution < -0.4 is 0 Å². The van der Waals surface area contributed by atoms with Crippen LogP contribution in [-0.2, 0) is 9.47 Å². The molecule has 1 aromatic rings. The summed E-state index contributed by atoms with van der Waals surface area (Å²) in [7, 11) is 0. The first kappa shape index (κ1) is 11.4. The van der Waals surface area contributed by atoms with E-state index in [9.17, 15) is 5.11 Å². The number of aromatic hydroxyl groups is 1. The number of benzene rings is 1. The van der Waals surface area contributed by atoms with E-state index in [0.717, 1.165) is 5.56 Å². The van der Waals surface area contributed by atoms with Crippen LogP contribution in [0.15, 0.2) is 24.3 Å². The minimum absolute atomic E-state index is 0.250. The van der Waals surface area contributed by atoms with Crippen LogP contribution in [0.5, 0.6) is 5.75 Å². The molecule has 0 aromatic heterocycles. The van der Waals surface area contributed by atoms with E-state index in [2.05, 4.69) is 0 Å². The molecule has 16 heavy (non-hydrogen) atoms. The number of ether oxygens (including phenoxy) is 2. The zero-order chi connectivity index (χ0) is 12.0. The van der Waals surface area contributed by atoms with Crippen molar-refractivity contribution in [2.45, 2.75) is 45.2 Å². The van der Waals surface area contributed by atoms with Crippen molar-refractivity contribution in [3.05, 3.63) is 29.8 Å². The Bertz CT molecular complexity index is 363. The second kappa shape index (κ2) is 3.47. The van der Waals surface area contributed by atoms with E-state index in [1.54, 1.807) is 12.1 Å². The maximum Gasteiger partial charge on any atom is 0.185 e. The number of phenolic OH excluding ortho intramolecular Hbond substituents is 1. The Balaban J connectivity index is 2.23. The molecule has 0 amide bonds. The third-order valence-electron chi connectivity index (χ3n) is 3.42. The number of hydrogen-bond acceptors (Lipinski definition) is 3. The molecule has 1 aliphatic rings. The molecule has 88 valence electrons. The topological polar surface area (TPSA) is 38.7 Å². The summed E-state index contributed by atoms with van der Waals surface area (Å²) in [6, 6.07) is 6.91. The molecule has 2 rings (SSSR count). The molecule has 1 N–H and O–H groups in total. The highest BCUT2D eigenvalue weighted by Crippen LogP contribution is 2.44. The van der Waals surface area contributed by atoms with Crippen LogP contribution in [0.2, 0.25) is 0 Å². The van der Waals surface area contributed by atoms with Gasteiger partial charge in [-0.05, 0) is 39.8 Å². The zero-order valence-corrected chi connectivity index (χ0v) is 10.2. The van der Waals surface area contributed by atoms with Gasteiger partial charge in [-0.2, -0.15) is 0 Å². The maximum atomic E-state index is 9.22. The molecule has 0 aliphatic carbocycles. The second-order valence-electron chi connectivity index (χ2n) is 5.18. The average Bonchev–Trinajstić information content (AvgIpc) is 2.37. The van der Waals surface area contributed by atoms with Gasteiger partial charge in [0, 0.05) is 5.56 Å². The Labute approximate surface area is 96.0 Å². The minimum atomic E-state index is -0.356. The number of rotatable bonds is 1. The molecule has 0 saturated carbocycles. The molecule has 0 spiro atoms. The van der Waals surface area contributed by atoms with Gasteiger partial charge in [-0.15, -0.1) is 0 Å². The smallest absolute Gasteiger partial charge is 0.185 e. The van der Waals surface area contributed by atoms with Gasteiger partial charge in [-0.3, -0.25) is 0 Å². The first-order chi connectivity index (χ1) is 7.32. The Kier molecular flexibility index (Phi) is 2.48. The van der Waals surface area contributed by atoms with E-state index >= 15 is 0 Å². The quantitative estimate of drug-likeness (QED) is 0.793. The monoisotopic (exact) mass is 222 g/mol. The molecule has 1 heterocycles. The highest BCUT2D eigenvalue weighted by molar-refractivity contribution is 5.27. The van der Waals surface area contributed by atoms with Gasteiger partial charge in [-0.25, -0.2) is 0 Å². The van der Waals surface area contributed by atoms with Crippen LogP contribution in [0.4, 0.5) is 0 Å². The van der Waals surface area contributed by atoms with Crippen molar-refractivity contribution in [3.8, 4) is 5.75 Å². The van der Waals surface area contributed by atoms with Gasteiger partial charge >= 0.3 is 0 Å². The third-order valence-corrected chi connectivity index (χ3v) is 3.42. The molecule has 0 atom stereocenters. The molecule has 1 aliphatic heterocycles. The van der Waals surface area contributed by atoms with Gasteiger partial charge in [0.1, 0.15) is 5.75 Å². The predicted molar refractivity (Wildman–Crippen MR) is 61.2 cm³/mol. The van der Waals surface area contributed by atoms with E-state index in [1.165, 1.54) is 0 Å². The van der Waals surface area contributed by atoms with Crippen LogP contribution in [-0.4, -0.2) is 16.3 Å². The molecular weight excluding hydrogens is 204 g/mol. The molecule has 3 heteroatoms. The van der Waals surface area contributed by atoms with Gasteiger partial charge < -0.3 is 14.6 Å². The Morgan fingerprint density at radius 2 is 1.38 bits per heavy atom. The summed E-state index contributed by atoms with van der Waals surface area (Å²) in [5, 5.41) is 9.22. The van der Waals surface area contributed by atoms with Gasteiger partial charge in [-0.1, -0.05) is 12.1 Å². The molecule has 3 nitrogen and oxygen atoms in total. The van der Waals surface area contributed by atoms with E-state index in [4.69, 9.17) is 9.47 Å². The fourth-order valence-corrected chi connectivity index (χ4v) is 1.61. The fraction of sp³-hybridized carbons (Fsp3) is 0.538. The Morgan fingerprint density at radius 1 is 0.938 bits per heavy atom. The number of hydrogen-bond donors (Lipinski definition) is 1. The molecule has 0 unspecified atom stereocenters. The Morgan fingerprint density at radius 3 is 1.81 bits per heavy atom. The molecule has 0 bridgehead atoms.